The van der Waals surface area contributed by atoms with Gasteiger partial charge in [-0.05, 0) is 63.0 Å². The van der Waals surface area contributed by atoms with E-state index < -0.39 is 0 Å². The number of rotatable bonds is 5. The predicted octanol–water partition coefficient (Wildman–Crippen LogP) is 4.22. The Morgan fingerprint density at radius 1 is 1.14 bits per heavy atom. The van der Waals surface area contributed by atoms with Gasteiger partial charge in [0.25, 0.3) is 0 Å². The highest BCUT2D eigenvalue weighted by Crippen LogP contribution is 2.39. The molecule has 1 aliphatic carbocycles. The van der Waals surface area contributed by atoms with Crippen LogP contribution in [-0.4, -0.2) is 47.7 Å². The van der Waals surface area contributed by atoms with Crippen molar-refractivity contribution in [1.29, 1.82) is 0 Å². The maximum Gasteiger partial charge on any atom is 0.225 e. The number of carbonyl (C=O) groups excluding carboxylic acids is 1. The van der Waals surface area contributed by atoms with Gasteiger partial charge in [0.05, 0.1) is 12.2 Å². The second kappa shape index (κ2) is 9.25. The fourth-order valence-corrected chi connectivity index (χ4v) is 5.24. The lowest BCUT2D eigenvalue weighted by molar-refractivity contribution is -0.151. The Morgan fingerprint density at radius 2 is 1.89 bits per heavy atom. The fourth-order valence-electron chi connectivity index (χ4n) is 5.24. The summed E-state index contributed by atoms with van der Waals surface area (Å²) >= 11 is 0. The van der Waals surface area contributed by atoms with Crippen LogP contribution in [0.1, 0.15) is 64.2 Å². The smallest absolute Gasteiger partial charge is 0.225 e. The van der Waals surface area contributed by atoms with E-state index in [4.69, 9.17) is 9.47 Å². The number of amides is 1. The molecule has 3 aliphatic rings. The molecule has 4 rings (SSSR count). The first-order chi connectivity index (χ1) is 13.7. The summed E-state index contributed by atoms with van der Waals surface area (Å²) < 4.78 is 12.2. The van der Waals surface area contributed by atoms with Crippen LogP contribution in [0.15, 0.2) is 24.5 Å². The van der Waals surface area contributed by atoms with Gasteiger partial charge < -0.3 is 14.4 Å². The Hall–Kier alpha value is -1.62. The van der Waals surface area contributed by atoms with Gasteiger partial charge in [0.1, 0.15) is 5.75 Å². The lowest BCUT2D eigenvalue weighted by Gasteiger charge is -2.47. The van der Waals surface area contributed by atoms with E-state index in [0.717, 1.165) is 77.0 Å². The summed E-state index contributed by atoms with van der Waals surface area (Å²) in [6.07, 6.45) is 14.7. The number of hydrogen-bond donors (Lipinski definition) is 0. The second-order valence-electron chi connectivity index (χ2n) is 8.87. The van der Waals surface area contributed by atoms with Crippen LogP contribution in [0.5, 0.6) is 5.75 Å². The molecular weight excluding hydrogens is 352 g/mol. The van der Waals surface area contributed by atoms with E-state index in [2.05, 4.69) is 9.88 Å². The van der Waals surface area contributed by atoms with E-state index >= 15 is 0 Å². The summed E-state index contributed by atoms with van der Waals surface area (Å²) in [5.41, 5.74) is -0.0110. The molecule has 3 heterocycles. The molecule has 3 fully saturated rings. The van der Waals surface area contributed by atoms with E-state index in [-0.39, 0.29) is 11.5 Å². The first-order valence-electron chi connectivity index (χ1n) is 11.2. The van der Waals surface area contributed by atoms with Crippen LogP contribution in [0.25, 0.3) is 0 Å². The van der Waals surface area contributed by atoms with E-state index in [9.17, 15) is 4.79 Å². The van der Waals surface area contributed by atoms with Crippen molar-refractivity contribution >= 4 is 5.91 Å². The lowest BCUT2D eigenvalue weighted by Crippen LogP contribution is -2.52. The number of nitrogens with zero attached hydrogens (tertiary/aromatic N) is 2. The summed E-state index contributed by atoms with van der Waals surface area (Å²) in [5, 5.41) is 0. The molecule has 0 bridgehead atoms. The van der Waals surface area contributed by atoms with Crippen LogP contribution in [-0.2, 0) is 9.53 Å². The highest BCUT2D eigenvalue weighted by Gasteiger charge is 2.41. The Kier molecular flexibility index (Phi) is 6.50. The number of pyridine rings is 1. The summed E-state index contributed by atoms with van der Waals surface area (Å²) in [4.78, 5) is 19.0. The molecule has 5 heteroatoms. The third-order valence-electron chi connectivity index (χ3n) is 6.98. The van der Waals surface area contributed by atoms with Crippen molar-refractivity contribution in [3.63, 3.8) is 0 Å². The third kappa shape index (κ3) is 4.86. The monoisotopic (exact) mass is 386 g/mol. The van der Waals surface area contributed by atoms with Crippen molar-refractivity contribution in [2.24, 2.45) is 11.8 Å². The van der Waals surface area contributed by atoms with Gasteiger partial charge in [0, 0.05) is 38.0 Å². The molecule has 1 spiro atoms. The zero-order valence-electron chi connectivity index (χ0n) is 17.0. The molecule has 154 valence electrons. The number of aromatic nitrogens is 1. The van der Waals surface area contributed by atoms with Gasteiger partial charge in [-0.15, -0.1) is 0 Å². The zero-order chi connectivity index (χ0) is 19.2. The van der Waals surface area contributed by atoms with Gasteiger partial charge in [-0.2, -0.15) is 0 Å². The van der Waals surface area contributed by atoms with Gasteiger partial charge >= 0.3 is 0 Å². The van der Waals surface area contributed by atoms with Crippen molar-refractivity contribution < 1.29 is 14.3 Å². The summed E-state index contributed by atoms with van der Waals surface area (Å²) in [6.45, 7) is 3.33. The molecule has 1 aromatic rings. The zero-order valence-corrected chi connectivity index (χ0v) is 17.0. The minimum Gasteiger partial charge on any atom is -0.493 e. The SMILES string of the molecule is O=C(C1CCCCC1)N1CCC2(CC1)CC(CCOc1ccncc1)CCO2. The van der Waals surface area contributed by atoms with Crippen molar-refractivity contribution in [2.45, 2.75) is 69.8 Å². The number of carbonyl (C=O) groups is 1. The first-order valence-corrected chi connectivity index (χ1v) is 11.2. The molecule has 28 heavy (non-hydrogen) atoms. The maximum absolute atomic E-state index is 12.8. The highest BCUT2D eigenvalue weighted by atomic mass is 16.5. The lowest BCUT2D eigenvalue weighted by atomic mass is 9.78. The Bertz CT molecular complexity index is 622. The predicted molar refractivity (Wildman–Crippen MR) is 108 cm³/mol. The van der Waals surface area contributed by atoms with Gasteiger partial charge in [-0.25, -0.2) is 0 Å². The third-order valence-corrected chi connectivity index (χ3v) is 6.98. The molecule has 1 atom stereocenters. The van der Waals surface area contributed by atoms with Crippen molar-refractivity contribution in [3.8, 4) is 5.75 Å². The van der Waals surface area contributed by atoms with Gasteiger partial charge in [0.15, 0.2) is 0 Å². The van der Waals surface area contributed by atoms with Crippen molar-refractivity contribution in [2.75, 3.05) is 26.3 Å². The molecule has 1 unspecified atom stereocenters. The Balaban J connectivity index is 1.23. The summed E-state index contributed by atoms with van der Waals surface area (Å²) in [6, 6.07) is 3.81. The number of hydrogen-bond acceptors (Lipinski definition) is 4. The average Bonchev–Trinajstić information content (AvgIpc) is 2.75. The summed E-state index contributed by atoms with van der Waals surface area (Å²) in [5.74, 6) is 2.24. The van der Waals surface area contributed by atoms with E-state index in [1.54, 1.807) is 12.4 Å². The summed E-state index contributed by atoms with van der Waals surface area (Å²) in [7, 11) is 0. The van der Waals surface area contributed by atoms with Crippen LogP contribution in [0.3, 0.4) is 0 Å². The molecule has 1 amide bonds. The Labute approximate surface area is 168 Å². The van der Waals surface area contributed by atoms with Crippen LogP contribution in [0, 0.1) is 11.8 Å². The quantitative estimate of drug-likeness (QED) is 0.760. The molecule has 1 aromatic heterocycles. The van der Waals surface area contributed by atoms with Crippen LogP contribution >= 0.6 is 0 Å². The minimum absolute atomic E-state index is 0.0110. The Morgan fingerprint density at radius 3 is 2.64 bits per heavy atom. The van der Waals surface area contributed by atoms with E-state index in [0.29, 0.717) is 11.8 Å². The van der Waals surface area contributed by atoms with Gasteiger partial charge in [-0.3, -0.25) is 9.78 Å². The second-order valence-corrected chi connectivity index (χ2v) is 8.87. The molecule has 0 N–H and O–H groups in total. The largest absolute Gasteiger partial charge is 0.493 e. The molecule has 5 nitrogen and oxygen atoms in total. The van der Waals surface area contributed by atoms with E-state index in [1.807, 2.05) is 12.1 Å². The number of piperidine rings is 1. The minimum atomic E-state index is -0.0110. The van der Waals surface area contributed by atoms with E-state index in [1.165, 1.54) is 19.3 Å². The molecular formula is C23H34N2O3. The van der Waals surface area contributed by atoms with Gasteiger partial charge in [-0.1, -0.05) is 19.3 Å². The maximum atomic E-state index is 12.8. The van der Waals surface area contributed by atoms with Crippen LogP contribution in [0.2, 0.25) is 0 Å². The van der Waals surface area contributed by atoms with Gasteiger partial charge in [0.2, 0.25) is 5.91 Å². The standard InChI is InChI=1S/C23H34N2O3/c26-22(20-4-2-1-3-5-20)25-14-10-23(11-15-25)18-19(9-17-28-23)8-16-27-21-6-12-24-13-7-21/h6-7,12-13,19-20H,1-5,8-11,14-18H2. The molecule has 0 aromatic carbocycles. The molecule has 2 saturated heterocycles. The first kappa shape index (κ1) is 19.7. The molecule has 0 radical (unpaired) electrons. The van der Waals surface area contributed by atoms with Crippen LogP contribution < -0.4 is 4.74 Å². The van der Waals surface area contributed by atoms with Crippen molar-refractivity contribution in [1.82, 2.24) is 9.88 Å². The topological polar surface area (TPSA) is 51.7 Å². The van der Waals surface area contributed by atoms with Crippen molar-refractivity contribution in [3.05, 3.63) is 24.5 Å². The average molecular weight is 387 g/mol. The fraction of sp³-hybridized carbons (Fsp3) is 0.739. The normalized spacial score (nSPS) is 25.6. The van der Waals surface area contributed by atoms with Crippen LogP contribution in [0.4, 0.5) is 0 Å². The number of likely N-dealkylation sites (tertiary alicyclic amines) is 1. The molecule has 1 saturated carbocycles. The highest BCUT2D eigenvalue weighted by molar-refractivity contribution is 5.79. The number of ether oxygens (including phenoxy) is 2. The molecule has 2 aliphatic heterocycles.